The molecule has 39 heavy (non-hydrogen) atoms. The molecule has 0 aliphatic heterocycles. The van der Waals surface area contributed by atoms with Crippen molar-refractivity contribution in [2.24, 2.45) is 0 Å². The Morgan fingerprint density at radius 1 is 0.667 bits per heavy atom. The third-order valence-electron chi connectivity index (χ3n) is 7.40. The minimum atomic E-state index is -0.745. The second-order valence-corrected chi connectivity index (χ2v) is 9.55. The molecule has 0 aliphatic carbocycles. The summed E-state index contributed by atoms with van der Waals surface area (Å²) in [5, 5.41) is 2.02. The summed E-state index contributed by atoms with van der Waals surface area (Å²) in [6, 6.07) is 41.3. The molecule has 4 heterocycles. The molecule has 3 aromatic carbocycles. The van der Waals surface area contributed by atoms with Gasteiger partial charge in [0.05, 0.1) is 11.2 Å². The number of H-pyrrole nitrogens is 1. The number of hydrogen-bond acceptors (Lipinski definition) is 3. The first-order valence-corrected chi connectivity index (χ1v) is 12.9. The molecule has 5 heteroatoms. The Bertz CT molecular complexity index is 1880. The van der Waals surface area contributed by atoms with Gasteiger partial charge in [-0.05, 0) is 41.0 Å². The van der Waals surface area contributed by atoms with Crippen LogP contribution in [0.3, 0.4) is 0 Å². The van der Waals surface area contributed by atoms with Gasteiger partial charge in [-0.2, -0.15) is 0 Å². The first-order valence-electron chi connectivity index (χ1n) is 12.9. The molecule has 186 valence electrons. The Balaban J connectivity index is 1.70. The van der Waals surface area contributed by atoms with Crippen molar-refractivity contribution in [1.82, 2.24) is 19.5 Å². The molecule has 5 nitrogen and oxygen atoms in total. The molecular weight excluding hydrogens is 480 g/mol. The van der Waals surface area contributed by atoms with Crippen molar-refractivity contribution in [3.05, 3.63) is 167 Å². The van der Waals surface area contributed by atoms with E-state index in [1.54, 1.807) is 12.3 Å². The van der Waals surface area contributed by atoms with Crippen LogP contribution >= 0.6 is 0 Å². The molecule has 4 aromatic heterocycles. The molecule has 0 spiro atoms. The summed E-state index contributed by atoms with van der Waals surface area (Å²) in [4.78, 5) is 24.6. The zero-order chi connectivity index (χ0) is 26.2. The Kier molecular flexibility index (Phi) is 5.41. The molecule has 0 unspecified atom stereocenters. The highest BCUT2D eigenvalue weighted by Crippen LogP contribution is 2.45. The van der Waals surface area contributed by atoms with Gasteiger partial charge in [0, 0.05) is 41.0 Å². The van der Waals surface area contributed by atoms with Crippen LogP contribution in [0.1, 0.15) is 16.7 Å². The molecule has 0 atom stereocenters. The van der Waals surface area contributed by atoms with Crippen molar-refractivity contribution in [3.8, 4) is 11.3 Å². The fourth-order valence-corrected chi connectivity index (χ4v) is 5.76. The van der Waals surface area contributed by atoms with Gasteiger partial charge in [-0.25, -0.2) is 4.98 Å². The molecule has 7 aromatic rings. The standard InChI is InChI=1S/C34H24N4O/c39-32-22-24(18-21-36-32)30-17-16-28-29-23-35-20-19-31(29)38(33(28)37-30)34(25-10-4-1-5-11-25,26-12-6-2-7-13-26)27-14-8-3-9-15-27/h1-23H,(H,36,39). The highest BCUT2D eigenvalue weighted by Gasteiger charge is 2.41. The summed E-state index contributed by atoms with van der Waals surface area (Å²) < 4.78 is 2.34. The molecule has 7 rings (SSSR count). The van der Waals surface area contributed by atoms with E-state index in [0.717, 1.165) is 49.9 Å². The highest BCUT2D eigenvalue weighted by atomic mass is 16.1. The van der Waals surface area contributed by atoms with E-state index in [2.05, 4.69) is 99.5 Å². The summed E-state index contributed by atoms with van der Waals surface area (Å²) >= 11 is 0. The number of aromatic amines is 1. The zero-order valence-electron chi connectivity index (χ0n) is 21.0. The number of fused-ring (bicyclic) bond motifs is 3. The van der Waals surface area contributed by atoms with E-state index in [0.29, 0.717) is 0 Å². The van der Waals surface area contributed by atoms with Gasteiger partial charge in [0.25, 0.3) is 0 Å². The molecule has 0 radical (unpaired) electrons. The van der Waals surface area contributed by atoms with Crippen molar-refractivity contribution in [2.75, 3.05) is 0 Å². The average Bonchev–Trinajstić information content (AvgIpc) is 3.33. The molecule has 0 amide bonds. The van der Waals surface area contributed by atoms with Crippen LogP contribution in [0.5, 0.6) is 0 Å². The van der Waals surface area contributed by atoms with Crippen LogP contribution in [-0.2, 0) is 5.54 Å². The van der Waals surface area contributed by atoms with Crippen LogP contribution in [0.4, 0.5) is 0 Å². The van der Waals surface area contributed by atoms with Crippen molar-refractivity contribution < 1.29 is 0 Å². The lowest BCUT2D eigenvalue weighted by atomic mass is 9.76. The van der Waals surface area contributed by atoms with Gasteiger partial charge in [0.1, 0.15) is 11.2 Å². The van der Waals surface area contributed by atoms with Gasteiger partial charge < -0.3 is 9.55 Å². The van der Waals surface area contributed by atoms with E-state index in [9.17, 15) is 4.79 Å². The molecule has 0 saturated heterocycles. The predicted octanol–water partition coefficient (Wildman–Crippen LogP) is 6.78. The maximum Gasteiger partial charge on any atom is 0.248 e. The lowest BCUT2D eigenvalue weighted by molar-refractivity contribution is 0.546. The van der Waals surface area contributed by atoms with Crippen molar-refractivity contribution >= 4 is 21.9 Å². The number of nitrogens with one attached hydrogen (secondary N) is 1. The molecule has 1 N–H and O–H groups in total. The van der Waals surface area contributed by atoms with Gasteiger partial charge in [-0.15, -0.1) is 0 Å². The fraction of sp³-hybridized carbons (Fsp3) is 0.0294. The van der Waals surface area contributed by atoms with E-state index in [1.165, 1.54) is 0 Å². The summed E-state index contributed by atoms with van der Waals surface area (Å²) in [7, 11) is 0. The fourth-order valence-electron chi connectivity index (χ4n) is 5.76. The summed E-state index contributed by atoms with van der Waals surface area (Å²) in [6.07, 6.45) is 5.40. The maximum atomic E-state index is 12.2. The quantitative estimate of drug-likeness (QED) is 0.263. The van der Waals surface area contributed by atoms with Crippen LogP contribution in [0.2, 0.25) is 0 Å². The molecule has 0 saturated carbocycles. The van der Waals surface area contributed by atoms with Crippen LogP contribution < -0.4 is 5.56 Å². The van der Waals surface area contributed by atoms with Crippen LogP contribution in [0.25, 0.3) is 33.2 Å². The van der Waals surface area contributed by atoms with Crippen molar-refractivity contribution in [3.63, 3.8) is 0 Å². The number of hydrogen-bond donors (Lipinski definition) is 1. The van der Waals surface area contributed by atoms with E-state index >= 15 is 0 Å². The monoisotopic (exact) mass is 504 g/mol. The van der Waals surface area contributed by atoms with Crippen LogP contribution in [0, 0.1) is 0 Å². The van der Waals surface area contributed by atoms with Gasteiger partial charge in [-0.1, -0.05) is 91.0 Å². The number of benzene rings is 3. The third-order valence-corrected chi connectivity index (χ3v) is 7.40. The van der Waals surface area contributed by atoms with E-state index in [4.69, 9.17) is 4.98 Å². The van der Waals surface area contributed by atoms with E-state index < -0.39 is 5.54 Å². The lowest BCUT2D eigenvalue weighted by Gasteiger charge is -2.38. The average molecular weight is 505 g/mol. The van der Waals surface area contributed by atoms with Gasteiger partial charge in [0.15, 0.2) is 0 Å². The first-order chi connectivity index (χ1) is 19.3. The highest BCUT2D eigenvalue weighted by molar-refractivity contribution is 6.07. The van der Waals surface area contributed by atoms with Crippen molar-refractivity contribution in [1.29, 1.82) is 0 Å². The minimum absolute atomic E-state index is 0.161. The molecule has 0 bridgehead atoms. The summed E-state index contributed by atoms with van der Waals surface area (Å²) in [5.41, 5.74) is 5.76. The van der Waals surface area contributed by atoms with Gasteiger partial charge >= 0.3 is 0 Å². The van der Waals surface area contributed by atoms with Crippen molar-refractivity contribution in [2.45, 2.75) is 5.54 Å². The van der Waals surface area contributed by atoms with E-state index in [1.807, 2.05) is 42.7 Å². The molecule has 0 fully saturated rings. The number of aromatic nitrogens is 4. The predicted molar refractivity (Wildman–Crippen MR) is 156 cm³/mol. The normalized spacial score (nSPS) is 11.7. The second kappa shape index (κ2) is 9.23. The number of nitrogens with zero attached hydrogens (tertiary/aromatic N) is 3. The lowest BCUT2D eigenvalue weighted by Crippen LogP contribution is -2.37. The molecule has 0 aliphatic rings. The largest absolute Gasteiger partial charge is 0.329 e. The number of pyridine rings is 3. The molecular formula is C34H24N4O. The SMILES string of the molecule is O=c1cc(-c2ccc3c4cnccc4n(C(c4ccccc4)(c4ccccc4)c4ccccc4)c3n2)cc[nH]1. The minimum Gasteiger partial charge on any atom is -0.329 e. The maximum absolute atomic E-state index is 12.2. The Morgan fingerprint density at radius 3 is 1.87 bits per heavy atom. The Hall–Kier alpha value is -5.29. The summed E-state index contributed by atoms with van der Waals surface area (Å²) in [5.74, 6) is 0. The van der Waals surface area contributed by atoms with Gasteiger partial charge in [-0.3, -0.25) is 9.78 Å². The summed E-state index contributed by atoms with van der Waals surface area (Å²) in [6.45, 7) is 0. The Morgan fingerprint density at radius 2 is 1.28 bits per heavy atom. The smallest absolute Gasteiger partial charge is 0.248 e. The first kappa shape index (κ1) is 22.9. The number of rotatable bonds is 5. The zero-order valence-corrected chi connectivity index (χ0v) is 21.0. The Labute approximate surface area is 225 Å². The van der Waals surface area contributed by atoms with Gasteiger partial charge in [0.2, 0.25) is 5.56 Å². The van der Waals surface area contributed by atoms with Crippen LogP contribution in [-0.4, -0.2) is 19.5 Å². The second-order valence-electron chi connectivity index (χ2n) is 9.55. The third kappa shape index (κ3) is 3.59. The van der Waals surface area contributed by atoms with Crippen LogP contribution in [0.15, 0.2) is 145 Å². The topological polar surface area (TPSA) is 63.6 Å². The van der Waals surface area contributed by atoms with E-state index in [-0.39, 0.29) is 5.56 Å².